The normalized spacial score (nSPS) is 19.5. The minimum Gasteiger partial charge on any atom is -0.481 e. The van der Waals surface area contributed by atoms with Crippen LogP contribution in [-0.4, -0.2) is 170 Å². The molecule has 1 aromatic rings. The van der Waals surface area contributed by atoms with E-state index in [0.29, 0.717) is 71.5 Å². The predicted octanol–water partition coefficient (Wildman–Crippen LogP) is 3.46. The molecule has 0 aromatic heterocycles. The lowest BCUT2D eigenvalue weighted by Gasteiger charge is -2.41. The predicted molar refractivity (Wildman–Crippen MR) is 240 cm³/mol. The average Bonchev–Trinajstić information content (AvgIpc) is 3.74. The summed E-state index contributed by atoms with van der Waals surface area (Å²) in [5.41, 5.74) is 0.919. The molecule has 2 heterocycles. The van der Waals surface area contributed by atoms with Crippen LogP contribution in [0.25, 0.3) is 0 Å². The van der Waals surface area contributed by atoms with Crippen molar-refractivity contribution in [2.24, 2.45) is 23.7 Å². The molecule has 0 spiro atoms. The number of ether oxygens (including phenoxy) is 3. The number of carboxylic acid groups (broad SMARTS) is 1. The first-order valence-corrected chi connectivity index (χ1v) is 22.9. The molecule has 9 atom stereocenters. The Morgan fingerprint density at radius 1 is 0.889 bits per heavy atom. The summed E-state index contributed by atoms with van der Waals surface area (Å²) in [4.78, 5) is 88.7. The summed E-state index contributed by atoms with van der Waals surface area (Å²) in [5.74, 6) is -3.37. The summed E-state index contributed by atoms with van der Waals surface area (Å²) >= 11 is 0. The number of rotatable bonds is 25. The molecule has 8 unspecified atom stereocenters. The number of nitrogens with zero attached hydrogens (tertiary/aromatic N) is 4. The Morgan fingerprint density at radius 2 is 1.54 bits per heavy atom. The van der Waals surface area contributed by atoms with Gasteiger partial charge in [0, 0.05) is 53.7 Å². The van der Waals surface area contributed by atoms with Gasteiger partial charge in [-0.25, -0.2) is 0 Å². The summed E-state index contributed by atoms with van der Waals surface area (Å²) in [6.07, 6.45) is 1.34. The molecule has 2 saturated heterocycles. The summed E-state index contributed by atoms with van der Waals surface area (Å²) in [5, 5.41) is 15.2. The van der Waals surface area contributed by atoms with Gasteiger partial charge in [0.1, 0.15) is 12.1 Å². The zero-order chi connectivity index (χ0) is 47.0. The SMILES string of the molecule is CCC(C)C(C(CC(=O)N1CCC[C@H]1C(OC)C(C)C(=O)NC(Cc1ccccc1)C(=O)N1CCOCC1)OC)N(C)C(=O)C(NC(=O)C(C(C)C)N(C)CCCC(=O)O)C(C)C. The minimum absolute atomic E-state index is 0.00824. The van der Waals surface area contributed by atoms with Crippen molar-refractivity contribution in [1.82, 2.24) is 30.2 Å². The zero-order valence-corrected chi connectivity index (χ0v) is 39.8. The second-order valence-corrected chi connectivity index (χ2v) is 18.2. The van der Waals surface area contributed by atoms with Crippen LogP contribution in [0, 0.1) is 23.7 Å². The molecule has 0 radical (unpaired) electrons. The lowest BCUT2D eigenvalue weighted by Crippen LogP contribution is -2.60. The molecule has 3 N–H and O–H groups in total. The number of carbonyl (C=O) groups is 6. The number of aliphatic carboxylic acids is 1. The third kappa shape index (κ3) is 15.0. The van der Waals surface area contributed by atoms with Crippen molar-refractivity contribution < 1.29 is 48.1 Å². The third-order valence-electron chi connectivity index (χ3n) is 13.0. The van der Waals surface area contributed by atoms with E-state index in [-0.39, 0.29) is 60.1 Å². The largest absolute Gasteiger partial charge is 0.481 e. The van der Waals surface area contributed by atoms with E-state index in [1.165, 1.54) is 14.2 Å². The van der Waals surface area contributed by atoms with Gasteiger partial charge in [-0.05, 0) is 56.2 Å². The average molecular weight is 887 g/mol. The number of nitrogens with one attached hydrogen (secondary N) is 2. The number of amides is 5. The van der Waals surface area contributed by atoms with E-state index in [1.807, 2.05) is 76.8 Å². The fourth-order valence-electron chi connectivity index (χ4n) is 9.27. The second-order valence-electron chi connectivity index (χ2n) is 18.2. The van der Waals surface area contributed by atoms with Crippen molar-refractivity contribution in [1.29, 1.82) is 0 Å². The maximum absolute atomic E-state index is 14.5. The van der Waals surface area contributed by atoms with E-state index >= 15 is 0 Å². The first kappa shape index (κ1) is 53.2. The summed E-state index contributed by atoms with van der Waals surface area (Å²) < 4.78 is 17.6. The Morgan fingerprint density at radius 3 is 2.10 bits per heavy atom. The van der Waals surface area contributed by atoms with Crippen molar-refractivity contribution in [2.75, 3.05) is 67.7 Å². The first-order chi connectivity index (χ1) is 29.9. The molecule has 2 fully saturated rings. The summed E-state index contributed by atoms with van der Waals surface area (Å²) in [6, 6.07) is 6.38. The maximum atomic E-state index is 14.5. The number of carbonyl (C=O) groups excluding carboxylic acids is 5. The fourth-order valence-corrected chi connectivity index (χ4v) is 9.27. The smallest absolute Gasteiger partial charge is 0.303 e. The first-order valence-electron chi connectivity index (χ1n) is 22.9. The van der Waals surface area contributed by atoms with E-state index in [9.17, 15) is 28.8 Å². The van der Waals surface area contributed by atoms with Gasteiger partial charge >= 0.3 is 5.97 Å². The Hall–Kier alpha value is -4.12. The van der Waals surface area contributed by atoms with Crippen LogP contribution in [0.15, 0.2) is 30.3 Å². The van der Waals surface area contributed by atoms with Gasteiger partial charge in [0.05, 0.1) is 55.9 Å². The number of carboxylic acids is 1. The quantitative estimate of drug-likeness (QED) is 0.131. The molecule has 0 saturated carbocycles. The van der Waals surface area contributed by atoms with Gasteiger partial charge in [-0.2, -0.15) is 0 Å². The molecule has 16 nitrogen and oxygen atoms in total. The molecular formula is C47H78N6O10. The highest BCUT2D eigenvalue weighted by Gasteiger charge is 2.44. The van der Waals surface area contributed by atoms with Gasteiger partial charge in [-0.3, -0.25) is 33.7 Å². The highest BCUT2D eigenvalue weighted by molar-refractivity contribution is 5.91. The van der Waals surface area contributed by atoms with Gasteiger partial charge in [-0.15, -0.1) is 0 Å². The standard InChI is InChI=1S/C47H78N6O10/c1-12-32(6)42(51(9)47(60)40(30(2)3)49-45(58)41(31(4)5)50(8)22-17-21-39(55)56)37(61-10)29-38(54)53-23-16-20-36(53)43(62-11)33(7)44(57)48-35(28-34-18-14-13-15-19-34)46(59)52-24-26-63-27-25-52/h13-15,18-19,30-33,35-37,40-43H,12,16-17,20-29H2,1-11H3,(H,48,57)(H,49,58)(H,55,56)/t32?,33?,35?,36-,37?,40?,41?,42?,43?/m0/s1. The van der Waals surface area contributed by atoms with Gasteiger partial charge in [0.2, 0.25) is 29.5 Å². The van der Waals surface area contributed by atoms with Crippen LogP contribution in [0.4, 0.5) is 0 Å². The summed E-state index contributed by atoms with van der Waals surface area (Å²) in [7, 11) is 6.57. The third-order valence-corrected chi connectivity index (χ3v) is 13.0. The van der Waals surface area contributed by atoms with E-state index in [0.717, 1.165) is 5.56 Å². The molecule has 16 heteroatoms. The molecule has 0 bridgehead atoms. The lowest BCUT2D eigenvalue weighted by atomic mass is 9.89. The molecule has 1 aromatic carbocycles. The monoisotopic (exact) mass is 887 g/mol. The van der Waals surface area contributed by atoms with E-state index in [2.05, 4.69) is 10.6 Å². The van der Waals surface area contributed by atoms with Gasteiger partial charge < -0.3 is 44.7 Å². The van der Waals surface area contributed by atoms with Gasteiger partial charge in [-0.1, -0.05) is 85.2 Å². The molecule has 0 aliphatic carbocycles. The molecule has 2 aliphatic heterocycles. The van der Waals surface area contributed by atoms with Crippen LogP contribution < -0.4 is 10.6 Å². The number of hydrogen-bond donors (Lipinski definition) is 3. The number of likely N-dealkylation sites (N-methyl/N-ethyl adjacent to an activating group) is 2. The number of benzene rings is 1. The van der Waals surface area contributed by atoms with E-state index in [4.69, 9.17) is 19.3 Å². The topological polar surface area (TPSA) is 187 Å². The van der Waals surface area contributed by atoms with Crippen LogP contribution in [0.2, 0.25) is 0 Å². The van der Waals surface area contributed by atoms with Crippen molar-refractivity contribution in [2.45, 2.75) is 136 Å². The Bertz CT molecular complexity index is 1620. The molecule has 5 amide bonds. The van der Waals surface area contributed by atoms with Crippen molar-refractivity contribution in [3.8, 4) is 0 Å². The molecule has 356 valence electrons. The number of likely N-dealkylation sites (tertiary alicyclic amines) is 1. The Labute approximate surface area is 376 Å². The second kappa shape index (κ2) is 26.0. The van der Waals surface area contributed by atoms with E-state index in [1.54, 1.807) is 35.7 Å². The van der Waals surface area contributed by atoms with Gasteiger partial charge in [0.15, 0.2) is 0 Å². The van der Waals surface area contributed by atoms with Crippen molar-refractivity contribution in [3.63, 3.8) is 0 Å². The van der Waals surface area contributed by atoms with Crippen LogP contribution in [-0.2, 0) is 49.4 Å². The molecule has 2 aliphatic rings. The van der Waals surface area contributed by atoms with E-state index < -0.39 is 54.3 Å². The van der Waals surface area contributed by atoms with Crippen LogP contribution >= 0.6 is 0 Å². The number of methoxy groups -OCH3 is 2. The molecule has 63 heavy (non-hydrogen) atoms. The number of morpholine rings is 1. The summed E-state index contributed by atoms with van der Waals surface area (Å²) in [6.45, 7) is 16.0. The minimum atomic E-state index is -0.897. The maximum Gasteiger partial charge on any atom is 0.303 e. The molecule has 3 rings (SSSR count). The van der Waals surface area contributed by atoms with Crippen LogP contribution in [0.3, 0.4) is 0 Å². The van der Waals surface area contributed by atoms with Gasteiger partial charge in [0.25, 0.3) is 0 Å². The number of hydrogen-bond acceptors (Lipinski definition) is 10. The Balaban J connectivity index is 1.79. The highest BCUT2D eigenvalue weighted by Crippen LogP contribution is 2.30. The van der Waals surface area contributed by atoms with Crippen LogP contribution in [0.5, 0.6) is 0 Å². The van der Waals surface area contributed by atoms with Crippen molar-refractivity contribution in [3.05, 3.63) is 35.9 Å². The fraction of sp³-hybridized carbons (Fsp3) is 0.745. The van der Waals surface area contributed by atoms with Crippen molar-refractivity contribution >= 4 is 35.5 Å². The lowest BCUT2D eigenvalue weighted by molar-refractivity contribution is -0.148. The zero-order valence-electron chi connectivity index (χ0n) is 39.8. The Kier molecular flexibility index (Phi) is 22.0. The highest BCUT2D eigenvalue weighted by atomic mass is 16.5. The van der Waals surface area contributed by atoms with Crippen LogP contribution in [0.1, 0.15) is 92.6 Å². The molecular weight excluding hydrogens is 809 g/mol.